The first kappa shape index (κ1) is 11.2. The fraction of sp³-hybridized carbons (Fsp3) is 0.100. The van der Waals surface area contributed by atoms with Crippen LogP contribution in [-0.4, -0.2) is 4.92 Å². The third-order valence-electron chi connectivity index (χ3n) is 1.69. The Labute approximate surface area is 91.6 Å². The highest BCUT2D eigenvalue weighted by Gasteiger charge is 2.10. The van der Waals surface area contributed by atoms with E-state index in [4.69, 9.17) is 16.9 Å². The van der Waals surface area contributed by atoms with Crippen LogP contribution in [0.5, 0.6) is 0 Å². The third kappa shape index (κ3) is 3.08. The standard InChI is InChI=1S/C10H7ClN2O2/c11-9-4-5-10(13(14)15)8(7-9)3-1-2-6-12/h1,3-5,7H,2H2. The molecule has 1 aromatic carbocycles. The van der Waals surface area contributed by atoms with Crippen LogP contribution in [0.3, 0.4) is 0 Å². The molecule has 76 valence electrons. The quantitative estimate of drug-likeness (QED) is 0.583. The van der Waals surface area contributed by atoms with Gasteiger partial charge in [-0.1, -0.05) is 23.8 Å². The fourth-order valence-corrected chi connectivity index (χ4v) is 1.24. The maximum atomic E-state index is 10.6. The predicted octanol–water partition coefficient (Wildman–Crippen LogP) is 3.18. The minimum atomic E-state index is -0.484. The van der Waals surface area contributed by atoms with Gasteiger partial charge in [0.2, 0.25) is 0 Å². The second kappa shape index (κ2) is 5.13. The van der Waals surface area contributed by atoms with Crippen molar-refractivity contribution in [2.75, 3.05) is 0 Å². The van der Waals surface area contributed by atoms with Gasteiger partial charge in [-0.3, -0.25) is 10.1 Å². The summed E-state index contributed by atoms with van der Waals surface area (Å²) < 4.78 is 0. The molecule has 4 nitrogen and oxygen atoms in total. The average molecular weight is 223 g/mol. The van der Waals surface area contributed by atoms with Crippen molar-refractivity contribution >= 4 is 23.4 Å². The molecule has 0 unspecified atom stereocenters. The number of nitrogens with zero attached hydrogens (tertiary/aromatic N) is 2. The monoisotopic (exact) mass is 222 g/mol. The van der Waals surface area contributed by atoms with Crippen LogP contribution in [0.25, 0.3) is 6.08 Å². The molecule has 1 aromatic rings. The van der Waals surface area contributed by atoms with Crippen LogP contribution >= 0.6 is 11.6 Å². The highest BCUT2D eigenvalue weighted by atomic mass is 35.5. The van der Waals surface area contributed by atoms with Gasteiger partial charge in [-0.15, -0.1) is 0 Å². The van der Waals surface area contributed by atoms with Gasteiger partial charge in [0, 0.05) is 11.1 Å². The summed E-state index contributed by atoms with van der Waals surface area (Å²) in [5.74, 6) is 0. The molecule has 0 atom stereocenters. The van der Waals surface area contributed by atoms with Crippen LogP contribution in [-0.2, 0) is 0 Å². The van der Waals surface area contributed by atoms with E-state index in [0.717, 1.165) is 0 Å². The normalized spacial score (nSPS) is 10.1. The van der Waals surface area contributed by atoms with Crippen molar-refractivity contribution in [1.82, 2.24) is 0 Å². The van der Waals surface area contributed by atoms with Gasteiger partial charge in [0.25, 0.3) is 5.69 Å². The first-order valence-corrected chi connectivity index (χ1v) is 4.50. The molecule has 0 N–H and O–H groups in total. The molecular weight excluding hydrogens is 216 g/mol. The molecule has 0 spiro atoms. The van der Waals surface area contributed by atoms with Crippen molar-refractivity contribution in [1.29, 1.82) is 5.26 Å². The van der Waals surface area contributed by atoms with Gasteiger partial charge in [0.05, 0.1) is 23.0 Å². The molecule has 0 aliphatic carbocycles. The summed E-state index contributed by atoms with van der Waals surface area (Å²) in [6, 6.07) is 6.21. The van der Waals surface area contributed by atoms with Crippen molar-refractivity contribution < 1.29 is 4.92 Å². The van der Waals surface area contributed by atoms with Gasteiger partial charge in [-0.25, -0.2) is 0 Å². The van der Waals surface area contributed by atoms with E-state index >= 15 is 0 Å². The Morgan fingerprint density at radius 2 is 2.33 bits per heavy atom. The van der Waals surface area contributed by atoms with Crippen LogP contribution in [0.1, 0.15) is 12.0 Å². The van der Waals surface area contributed by atoms with Crippen LogP contribution in [0.15, 0.2) is 24.3 Å². The Kier molecular flexibility index (Phi) is 3.83. The largest absolute Gasteiger partial charge is 0.276 e. The lowest BCUT2D eigenvalue weighted by Crippen LogP contribution is -1.90. The smallest absolute Gasteiger partial charge is 0.258 e. The van der Waals surface area contributed by atoms with E-state index in [2.05, 4.69) is 0 Å². The van der Waals surface area contributed by atoms with Crippen molar-refractivity contribution in [2.24, 2.45) is 0 Å². The van der Waals surface area contributed by atoms with Crippen LogP contribution in [0.4, 0.5) is 5.69 Å². The van der Waals surface area contributed by atoms with E-state index < -0.39 is 4.92 Å². The average Bonchev–Trinajstić information content (AvgIpc) is 2.18. The van der Waals surface area contributed by atoms with Crippen molar-refractivity contribution in [3.8, 4) is 6.07 Å². The van der Waals surface area contributed by atoms with E-state index in [1.54, 1.807) is 6.08 Å². The number of nitro benzene ring substituents is 1. The van der Waals surface area contributed by atoms with Gasteiger partial charge in [-0.2, -0.15) is 5.26 Å². The zero-order valence-corrected chi connectivity index (χ0v) is 8.44. The Morgan fingerprint density at radius 1 is 1.60 bits per heavy atom. The maximum absolute atomic E-state index is 10.6. The van der Waals surface area contributed by atoms with Crippen molar-refractivity contribution in [3.63, 3.8) is 0 Å². The van der Waals surface area contributed by atoms with Crippen molar-refractivity contribution in [3.05, 3.63) is 45.0 Å². The van der Waals surface area contributed by atoms with E-state index in [0.29, 0.717) is 10.6 Å². The second-order valence-electron chi connectivity index (χ2n) is 2.72. The summed E-state index contributed by atoms with van der Waals surface area (Å²) >= 11 is 5.71. The first-order valence-electron chi connectivity index (χ1n) is 4.12. The molecular formula is C10H7ClN2O2. The van der Waals surface area contributed by atoms with Gasteiger partial charge in [0.1, 0.15) is 0 Å². The number of halogens is 1. The van der Waals surface area contributed by atoms with Crippen molar-refractivity contribution in [2.45, 2.75) is 6.42 Å². The number of allylic oxidation sites excluding steroid dienone is 1. The third-order valence-corrected chi connectivity index (χ3v) is 1.93. The van der Waals surface area contributed by atoms with Gasteiger partial charge >= 0.3 is 0 Å². The van der Waals surface area contributed by atoms with E-state index in [9.17, 15) is 10.1 Å². The van der Waals surface area contributed by atoms with Gasteiger partial charge in [-0.05, 0) is 12.1 Å². The lowest BCUT2D eigenvalue weighted by atomic mass is 10.1. The summed E-state index contributed by atoms with van der Waals surface area (Å²) in [6.45, 7) is 0. The second-order valence-corrected chi connectivity index (χ2v) is 3.16. The molecule has 0 saturated carbocycles. The molecule has 1 rings (SSSR count). The van der Waals surface area contributed by atoms with E-state index in [1.165, 1.54) is 24.3 Å². The predicted molar refractivity (Wildman–Crippen MR) is 57.4 cm³/mol. The van der Waals surface area contributed by atoms with Crippen LogP contribution < -0.4 is 0 Å². The highest BCUT2D eigenvalue weighted by molar-refractivity contribution is 6.30. The van der Waals surface area contributed by atoms with E-state index in [-0.39, 0.29) is 12.1 Å². The number of hydrogen-bond acceptors (Lipinski definition) is 3. The molecule has 0 aromatic heterocycles. The zero-order chi connectivity index (χ0) is 11.3. The van der Waals surface area contributed by atoms with Crippen LogP contribution in [0, 0.1) is 21.4 Å². The fourth-order valence-electron chi connectivity index (χ4n) is 1.06. The Balaban J connectivity index is 3.08. The van der Waals surface area contributed by atoms with E-state index in [1.807, 2.05) is 6.07 Å². The summed E-state index contributed by atoms with van der Waals surface area (Å²) in [7, 11) is 0. The molecule has 0 heterocycles. The lowest BCUT2D eigenvalue weighted by Gasteiger charge is -1.97. The van der Waals surface area contributed by atoms with Gasteiger partial charge in [0.15, 0.2) is 0 Å². The van der Waals surface area contributed by atoms with Gasteiger partial charge < -0.3 is 0 Å². The molecule has 15 heavy (non-hydrogen) atoms. The molecule has 0 aliphatic rings. The number of hydrogen-bond donors (Lipinski definition) is 0. The topological polar surface area (TPSA) is 66.9 Å². The Morgan fingerprint density at radius 3 is 2.93 bits per heavy atom. The lowest BCUT2D eigenvalue weighted by molar-refractivity contribution is -0.385. The number of benzene rings is 1. The molecule has 0 bridgehead atoms. The maximum Gasteiger partial charge on any atom is 0.276 e. The van der Waals surface area contributed by atoms with Crippen LogP contribution in [0.2, 0.25) is 5.02 Å². The molecule has 0 saturated heterocycles. The molecule has 0 aliphatic heterocycles. The Bertz CT molecular complexity index is 449. The Hall–Kier alpha value is -1.86. The SMILES string of the molecule is N#CCC=Cc1cc(Cl)ccc1[N+](=O)[O-]. The summed E-state index contributed by atoms with van der Waals surface area (Å²) in [5, 5.41) is 19.4. The zero-order valence-electron chi connectivity index (χ0n) is 7.68. The number of nitro groups is 1. The summed E-state index contributed by atoms with van der Waals surface area (Å²) in [6.07, 6.45) is 3.29. The highest BCUT2D eigenvalue weighted by Crippen LogP contribution is 2.23. The number of rotatable bonds is 3. The molecule has 0 amide bonds. The first-order chi connectivity index (χ1) is 7.15. The number of nitriles is 1. The summed E-state index contributed by atoms with van der Waals surface area (Å²) in [5.41, 5.74) is 0.385. The minimum absolute atomic E-state index is 0.0198. The minimum Gasteiger partial charge on any atom is -0.258 e. The molecule has 0 radical (unpaired) electrons. The molecule has 5 heteroatoms. The summed E-state index contributed by atoms with van der Waals surface area (Å²) in [4.78, 5) is 10.1. The molecule has 0 fully saturated rings.